The highest BCUT2D eigenvalue weighted by Crippen LogP contribution is 2.64. The normalized spacial score (nSPS) is 31.1. The number of rotatable bonds is 15. The predicted octanol–water partition coefficient (Wildman–Crippen LogP) is 2.93. The number of ketones is 1. The molecule has 17 heteroatoms. The molecule has 4 aliphatic rings. The standard InChI is InChI=1S/C49H53NO16/c1-27-32(63-45(59)39(55)37(29-15-9-6-10-16-29)50-43(57)30-17-11-7-12-18-30)24-49(60)42(65-44(58)31-19-13-8-14-20-31)40-47(5,41(56)38(54)36(27)46(49,3)4)33(64-35(25-52)61-22-21-51)23-34-48(40,26-62-34)66-28(2)53/h6-21,25,32-35,37-40,42,54-55,60H,22-24,26H2,1-5H3,(H,50,57)/t32-,33-,34+,35?,37-,38+,39+,40-,42-,47+,48-,49+/m0/s1. The summed E-state index contributed by atoms with van der Waals surface area (Å²) in [4.78, 5) is 94.4. The van der Waals surface area contributed by atoms with Crippen LogP contribution in [0.5, 0.6) is 0 Å². The van der Waals surface area contributed by atoms with Crippen molar-refractivity contribution in [2.24, 2.45) is 16.7 Å². The second-order valence-electron chi connectivity index (χ2n) is 17.9. The molecular formula is C49H53NO16. The van der Waals surface area contributed by atoms with Gasteiger partial charge in [0.25, 0.3) is 5.91 Å². The van der Waals surface area contributed by atoms with Crippen molar-refractivity contribution in [1.82, 2.24) is 5.32 Å². The molecule has 3 fully saturated rings. The molecule has 1 heterocycles. The number of aldehydes is 2. The zero-order valence-electron chi connectivity index (χ0n) is 37.0. The van der Waals surface area contributed by atoms with Crippen molar-refractivity contribution in [3.63, 3.8) is 0 Å². The monoisotopic (exact) mass is 911 g/mol. The van der Waals surface area contributed by atoms with Crippen LogP contribution in [0.15, 0.2) is 102 Å². The summed E-state index contributed by atoms with van der Waals surface area (Å²) in [7, 11) is 0. The largest absolute Gasteiger partial charge is 0.456 e. The minimum Gasteiger partial charge on any atom is -0.456 e. The number of hydrogen-bond acceptors (Lipinski definition) is 16. The molecule has 3 aliphatic carbocycles. The molecule has 0 aromatic heterocycles. The Kier molecular flexibility index (Phi) is 13.6. The highest BCUT2D eigenvalue weighted by Gasteiger charge is 2.78. The van der Waals surface area contributed by atoms with E-state index in [-0.39, 0.29) is 41.6 Å². The van der Waals surface area contributed by atoms with Crippen LogP contribution < -0.4 is 5.32 Å². The van der Waals surface area contributed by atoms with Crippen LogP contribution >= 0.6 is 0 Å². The van der Waals surface area contributed by atoms with E-state index < -0.39 is 120 Å². The number of hydrogen-bond donors (Lipinski definition) is 4. The van der Waals surface area contributed by atoms with Crippen molar-refractivity contribution in [1.29, 1.82) is 0 Å². The SMILES string of the molecule is CC(=O)O[C@@]12CO[C@@H]1C[C@H](OC(C=O)OCC=O)[C@@]1(C)C(=O)[C@H](O)C3=C(C)[C@@H](OC(=O)[C@H](O)[C@@H](NC(=O)c4ccccc4)c4ccccc4)C[C@@](O)([C@@H](OC(=O)c4ccccc4)[C@H]21)C3(C)C. The number of Topliss-reactive ketones (excluding diaryl/α,β-unsaturated/α-hetero) is 1. The van der Waals surface area contributed by atoms with Gasteiger partial charge >= 0.3 is 17.9 Å². The third-order valence-corrected chi connectivity index (χ3v) is 13.9. The van der Waals surface area contributed by atoms with Gasteiger partial charge in [-0.25, -0.2) is 9.59 Å². The molecule has 4 N–H and O–H groups in total. The minimum atomic E-state index is -2.45. The van der Waals surface area contributed by atoms with Crippen LogP contribution in [-0.2, 0) is 52.4 Å². The van der Waals surface area contributed by atoms with Crippen LogP contribution in [0.1, 0.15) is 79.8 Å². The number of aliphatic hydroxyl groups is 3. The molecule has 12 atom stereocenters. The van der Waals surface area contributed by atoms with Crippen LogP contribution in [-0.4, -0.2) is 125 Å². The lowest BCUT2D eigenvalue weighted by molar-refractivity contribution is -0.354. The molecule has 2 bridgehead atoms. The molecule has 2 saturated carbocycles. The van der Waals surface area contributed by atoms with Gasteiger partial charge in [0.1, 0.15) is 42.9 Å². The van der Waals surface area contributed by atoms with Gasteiger partial charge in [-0.2, -0.15) is 0 Å². The maximum atomic E-state index is 15.6. The van der Waals surface area contributed by atoms with Crippen molar-refractivity contribution >= 4 is 42.2 Å². The zero-order chi connectivity index (χ0) is 47.8. The summed E-state index contributed by atoms with van der Waals surface area (Å²) in [6.45, 7) is 6.09. The third-order valence-electron chi connectivity index (χ3n) is 13.9. The molecular weight excluding hydrogens is 859 g/mol. The van der Waals surface area contributed by atoms with Crippen LogP contribution in [0, 0.1) is 16.7 Å². The Morgan fingerprint density at radius 2 is 1.52 bits per heavy atom. The number of nitrogens with one attached hydrogen (secondary N) is 1. The molecule has 17 nitrogen and oxygen atoms in total. The van der Waals surface area contributed by atoms with Crippen LogP contribution in [0.3, 0.4) is 0 Å². The topological polar surface area (TPSA) is 248 Å². The fraction of sp³-hybridized carbons (Fsp3) is 0.449. The summed E-state index contributed by atoms with van der Waals surface area (Å²) in [6, 6.07) is 22.7. The molecule has 3 aromatic rings. The second kappa shape index (κ2) is 18.7. The molecule has 1 aliphatic heterocycles. The maximum absolute atomic E-state index is 15.6. The molecule has 0 radical (unpaired) electrons. The maximum Gasteiger partial charge on any atom is 0.338 e. The molecule has 1 saturated heterocycles. The van der Waals surface area contributed by atoms with Gasteiger partial charge in [0.05, 0.1) is 35.6 Å². The van der Waals surface area contributed by atoms with Crippen molar-refractivity contribution in [3.8, 4) is 0 Å². The first-order valence-electron chi connectivity index (χ1n) is 21.5. The van der Waals surface area contributed by atoms with Gasteiger partial charge in [-0.15, -0.1) is 0 Å². The van der Waals surface area contributed by atoms with Gasteiger partial charge in [0, 0.05) is 30.7 Å². The van der Waals surface area contributed by atoms with E-state index in [9.17, 15) is 44.1 Å². The molecule has 350 valence electrons. The van der Waals surface area contributed by atoms with E-state index in [0.29, 0.717) is 11.8 Å². The summed E-state index contributed by atoms with van der Waals surface area (Å²) >= 11 is 0. The minimum absolute atomic E-state index is 0.0298. The van der Waals surface area contributed by atoms with Crippen LogP contribution in [0.4, 0.5) is 0 Å². The number of ether oxygens (including phenoxy) is 6. The molecule has 1 unspecified atom stereocenters. The van der Waals surface area contributed by atoms with Gasteiger partial charge in [0.15, 0.2) is 23.8 Å². The van der Waals surface area contributed by atoms with Gasteiger partial charge in [-0.1, -0.05) is 80.6 Å². The number of aliphatic hydroxyl groups excluding tert-OH is 2. The van der Waals surface area contributed by atoms with E-state index in [1.165, 1.54) is 39.8 Å². The van der Waals surface area contributed by atoms with E-state index in [1.54, 1.807) is 78.9 Å². The van der Waals surface area contributed by atoms with E-state index in [0.717, 1.165) is 6.92 Å². The third kappa shape index (κ3) is 8.28. The Hall–Kier alpha value is -5.95. The lowest BCUT2D eigenvalue weighted by atomic mass is 9.44. The number of benzene rings is 3. The quantitative estimate of drug-likeness (QED) is 0.0563. The number of carbonyl (C=O) groups is 7. The average Bonchev–Trinajstić information content (AvgIpc) is 3.30. The number of esters is 3. The highest BCUT2D eigenvalue weighted by atomic mass is 16.7. The summed E-state index contributed by atoms with van der Waals surface area (Å²) in [5, 5.41) is 40.8. The smallest absolute Gasteiger partial charge is 0.338 e. The number of amides is 1. The van der Waals surface area contributed by atoms with Crippen molar-refractivity contribution < 1.29 is 77.3 Å². The Bertz CT molecular complexity index is 2370. The van der Waals surface area contributed by atoms with Gasteiger partial charge < -0.3 is 53.9 Å². The average molecular weight is 912 g/mol. The molecule has 1 amide bonds. The fourth-order valence-electron chi connectivity index (χ4n) is 10.5. The lowest BCUT2D eigenvalue weighted by Crippen LogP contribution is -2.82. The van der Waals surface area contributed by atoms with Crippen LogP contribution in [0.2, 0.25) is 0 Å². The van der Waals surface area contributed by atoms with Crippen molar-refractivity contribution in [3.05, 3.63) is 119 Å². The van der Waals surface area contributed by atoms with E-state index in [4.69, 9.17) is 28.4 Å². The first kappa shape index (κ1) is 48.0. The highest BCUT2D eigenvalue weighted by molar-refractivity contribution is 5.95. The van der Waals surface area contributed by atoms with Crippen LogP contribution in [0.25, 0.3) is 0 Å². The van der Waals surface area contributed by atoms with Gasteiger partial charge in [-0.3, -0.25) is 19.2 Å². The zero-order valence-corrected chi connectivity index (χ0v) is 37.0. The molecule has 0 spiro atoms. The number of fused-ring (bicyclic) bond motifs is 5. The molecule has 7 rings (SSSR count). The Balaban J connectivity index is 1.38. The lowest BCUT2D eigenvalue weighted by Gasteiger charge is -2.67. The molecule has 3 aromatic carbocycles. The predicted molar refractivity (Wildman–Crippen MR) is 229 cm³/mol. The summed E-state index contributed by atoms with van der Waals surface area (Å²) < 4.78 is 36.1. The second-order valence-corrected chi connectivity index (χ2v) is 17.9. The van der Waals surface area contributed by atoms with Crippen molar-refractivity contribution in [2.75, 3.05) is 13.2 Å². The van der Waals surface area contributed by atoms with E-state index >= 15 is 4.79 Å². The Morgan fingerprint density at radius 1 is 0.909 bits per heavy atom. The number of carbonyl (C=O) groups excluding carboxylic acids is 7. The van der Waals surface area contributed by atoms with E-state index in [1.807, 2.05) is 0 Å². The Labute approximate surface area is 380 Å². The first-order valence-corrected chi connectivity index (χ1v) is 21.5. The molecule has 66 heavy (non-hydrogen) atoms. The summed E-state index contributed by atoms with van der Waals surface area (Å²) in [6.07, 6.45) is -12.1. The van der Waals surface area contributed by atoms with Gasteiger partial charge in [0.2, 0.25) is 6.29 Å². The van der Waals surface area contributed by atoms with E-state index in [2.05, 4.69) is 5.32 Å². The Morgan fingerprint density at radius 3 is 2.08 bits per heavy atom. The van der Waals surface area contributed by atoms with Crippen molar-refractivity contribution in [2.45, 2.75) is 108 Å². The fourth-order valence-corrected chi connectivity index (χ4v) is 10.5. The summed E-state index contributed by atoms with van der Waals surface area (Å²) in [5.74, 6) is -6.28. The van der Waals surface area contributed by atoms with Gasteiger partial charge in [-0.05, 0) is 54.8 Å². The first-order chi connectivity index (χ1) is 31.3. The summed E-state index contributed by atoms with van der Waals surface area (Å²) in [5.41, 5.74) is -7.55.